The highest BCUT2D eigenvalue weighted by Gasteiger charge is 2.18. The van der Waals surface area contributed by atoms with E-state index < -0.39 is 6.04 Å². The van der Waals surface area contributed by atoms with E-state index in [1.807, 2.05) is 18.2 Å². The standard InChI is InChI=1S/C19H19N3O4S/c1-11(20-12-3-5-17-14(8-12)22-18(23)10-27-17)19(24)21-13-2-4-15-16(9-13)26-7-6-25-15/h2-5,8-9,11,20H,6-7,10H2,1H3,(H,21,24)(H,22,23)/t11-/m0/s1. The van der Waals surface area contributed by atoms with Crippen LogP contribution in [0.4, 0.5) is 17.1 Å². The predicted molar refractivity (Wildman–Crippen MR) is 105 cm³/mol. The predicted octanol–water partition coefficient (Wildman–Crippen LogP) is 2.94. The second-order valence-corrected chi connectivity index (χ2v) is 7.28. The summed E-state index contributed by atoms with van der Waals surface area (Å²) in [4.78, 5) is 25.1. The molecule has 2 aromatic carbocycles. The number of ether oxygens (including phenoxy) is 2. The zero-order chi connectivity index (χ0) is 18.8. The number of carbonyl (C=O) groups is 2. The molecule has 8 heteroatoms. The molecule has 0 bridgehead atoms. The van der Waals surface area contributed by atoms with Gasteiger partial charge >= 0.3 is 0 Å². The summed E-state index contributed by atoms with van der Waals surface area (Å²) in [6.45, 7) is 2.80. The van der Waals surface area contributed by atoms with Crippen molar-refractivity contribution >= 4 is 40.6 Å². The Morgan fingerprint density at radius 1 is 1.11 bits per heavy atom. The van der Waals surface area contributed by atoms with Crippen LogP contribution in [-0.2, 0) is 9.59 Å². The summed E-state index contributed by atoms with van der Waals surface area (Å²) in [6, 6.07) is 10.5. The van der Waals surface area contributed by atoms with Crippen LogP contribution in [0.3, 0.4) is 0 Å². The number of fused-ring (bicyclic) bond motifs is 2. The molecule has 0 unspecified atom stereocenters. The monoisotopic (exact) mass is 385 g/mol. The van der Waals surface area contributed by atoms with Crippen molar-refractivity contribution in [2.45, 2.75) is 17.9 Å². The SMILES string of the molecule is C[C@H](Nc1ccc2c(c1)NC(=O)CS2)C(=O)Nc1ccc2c(c1)OCCO2. The Labute approximate surface area is 160 Å². The quantitative estimate of drug-likeness (QED) is 0.750. The van der Waals surface area contributed by atoms with Crippen LogP contribution in [0.15, 0.2) is 41.3 Å². The van der Waals surface area contributed by atoms with E-state index in [0.717, 1.165) is 16.3 Å². The molecule has 0 radical (unpaired) electrons. The van der Waals surface area contributed by atoms with E-state index in [-0.39, 0.29) is 11.8 Å². The molecule has 2 aliphatic heterocycles. The van der Waals surface area contributed by atoms with Gasteiger partial charge < -0.3 is 25.4 Å². The van der Waals surface area contributed by atoms with Gasteiger partial charge in [-0.1, -0.05) is 0 Å². The molecule has 1 atom stereocenters. The maximum Gasteiger partial charge on any atom is 0.246 e. The number of anilines is 3. The lowest BCUT2D eigenvalue weighted by Gasteiger charge is -2.21. The molecule has 0 saturated heterocycles. The Kier molecular flexibility index (Phi) is 4.81. The van der Waals surface area contributed by atoms with Crippen molar-refractivity contribution in [1.29, 1.82) is 0 Å². The van der Waals surface area contributed by atoms with Crippen molar-refractivity contribution in [2.75, 3.05) is 34.9 Å². The molecular weight excluding hydrogens is 366 g/mol. The molecule has 3 N–H and O–H groups in total. The fourth-order valence-electron chi connectivity index (χ4n) is 2.86. The molecule has 140 valence electrons. The first-order valence-corrected chi connectivity index (χ1v) is 9.61. The van der Waals surface area contributed by atoms with E-state index in [2.05, 4.69) is 16.0 Å². The zero-order valence-corrected chi connectivity index (χ0v) is 15.5. The topological polar surface area (TPSA) is 88.7 Å². The van der Waals surface area contributed by atoms with Crippen LogP contribution in [0, 0.1) is 0 Å². The molecule has 0 spiro atoms. The lowest BCUT2D eigenvalue weighted by atomic mass is 10.2. The maximum absolute atomic E-state index is 12.5. The number of benzene rings is 2. The Morgan fingerprint density at radius 3 is 2.74 bits per heavy atom. The number of nitrogens with one attached hydrogen (secondary N) is 3. The van der Waals surface area contributed by atoms with Crippen molar-refractivity contribution in [3.05, 3.63) is 36.4 Å². The Bertz CT molecular complexity index is 903. The minimum Gasteiger partial charge on any atom is -0.486 e. The highest BCUT2D eigenvalue weighted by molar-refractivity contribution is 8.00. The van der Waals surface area contributed by atoms with Crippen molar-refractivity contribution in [3.63, 3.8) is 0 Å². The minimum absolute atomic E-state index is 0.0194. The number of hydrogen-bond acceptors (Lipinski definition) is 6. The van der Waals surface area contributed by atoms with Crippen LogP contribution in [-0.4, -0.2) is 36.8 Å². The molecular formula is C19H19N3O4S. The van der Waals surface area contributed by atoms with Crippen LogP contribution in [0.1, 0.15) is 6.92 Å². The van der Waals surface area contributed by atoms with Gasteiger partial charge in [0.25, 0.3) is 0 Å². The number of thioether (sulfide) groups is 1. The van der Waals surface area contributed by atoms with E-state index in [9.17, 15) is 9.59 Å². The van der Waals surface area contributed by atoms with Crippen molar-refractivity contribution in [3.8, 4) is 11.5 Å². The van der Waals surface area contributed by atoms with Crippen molar-refractivity contribution in [2.24, 2.45) is 0 Å². The van der Waals surface area contributed by atoms with E-state index in [0.29, 0.717) is 36.2 Å². The first-order chi connectivity index (χ1) is 13.1. The molecule has 0 fully saturated rings. The highest BCUT2D eigenvalue weighted by Crippen LogP contribution is 2.34. The van der Waals surface area contributed by atoms with Gasteiger partial charge in [0, 0.05) is 22.3 Å². The van der Waals surface area contributed by atoms with Crippen molar-refractivity contribution < 1.29 is 19.1 Å². The molecule has 4 rings (SSSR count). The average Bonchev–Trinajstić information content (AvgIpc) is 2.67. The van der Waals surface area contributed by atoms with Crippen LogP contribution in [0.5, 0.6) is 11.5 Å². The maximum atomic E-state index is 12.5. The molecule has 2 aromatic rings. The van der Waals surface area contributed by atoms with Crippen LogP contribution < -0.4 is 25.4 Å². The third-order valence-electron chi connectivity index (χ3n) is 4.20. The third-order valence-corrected chi connectivity index (χ3v) is 5.27. The Morgan fingerprint density at radius 2 is 1.89 bits per heavy atom. The summed E-state index contributed by atoms with van der Waals surface area (Å²) in [7, 11) is 0. The first kappa shape index (κ1) is 17.5. The van der Waals surface area contributed by atoms with E-state index >= 15 is 0 Å². The summed E-state index contributed by atoms with van der Waals surface area (Å²) < 4.78 is 11.0. The summed E-state index contributed by atoms with van der Waals surface area (Å²) in [5.41, 5.74) is 2.18. The second kappa shape index (κ2) is 7.40. The lowest BCUT2D eigenvalue weighted by Crippen LogP contribution is -2.32. The van der Waals surface area contributed by atoms with Crippen LogP contribution in [0.2, 0.25) is 0 Å². The van der Waals surface area contributed by atoms with Crippen LogP contribution >= 0.6 is 11.8 Å². The molecule has 27 heavy (non-hydrogen) atoms. The lowest BCUT2D eigenvalue weighted by molar-refractivity contribution is -0.116. The second-order valence-electron chi connectivity index (χ2n) is 6.26. The van der Waals surface area contributed by atoms with Crippen molar-refractivity contribution in [1.82, 2.24) is 0 Å². The van der Waals surface area contributed by atoms with Gasteiger partial charge in [-0.3, -0.25) is 9.59 Å². The Hall–Kier alpha value is -2.87. The number of amides is 2. The zero-order valence-electron chi connectivity index (χ0n) is 14.7. The largest absolute Gasteiger partial charge is 0.486 e. The smallest absolute Gasteiger partial charge is 0.246 e. The third kappa shape index (κ3) is 3.95. The minimum atomic E-state index is -0.469. The summed E-state index contributed by atoms with van der Waals surface area (Å²) in [5, 5.41) is 8.88. The Balaban J connectivity index is 1.41. The van der Waals surface area contributed by atoms with E-state index in [1.165, 1.54) is 11.8 Å². The molecule has 7 nitrogen and oxygen atoms in total. The highest BCUT2D eigenvalue weighted by atomic mass is 32.2. The molecule has 0 aliphatic carbocycles. The normalized spacial score (nSPS) is 16.0. The van der Waals surface area contributed by atoms with Gasteiger partial charge in [-0.25, -0.2) is 0 Å². The van der Waals surface area contributed by atoms with E-state index in [4.69, 9.17) is 9.47 Å². The van der Waals surface area contributed by atoms with Gasteiger partial charge in [-0.15, -0.1) is 11.8 Å². The van der Waals surface area contributed by atoms with E-state index in [1.54, 1.807) is 25.1 Å². The number of carbonyl (C=O) groups excluding carboxylic acids is 2. The average molecular weight is 385 g/mol. The van der Waals surface area contributed by atoms with Gasteiger partial charge in [0.15, 0.2) is 11.5 Å². The molecule has 2 aliphatic rings. The number of rotatable bonds is 4. The van der Waals surface area contributed by atoms with Gasteiger partial charge in [-0.2, -0.15) is 0 Å². The fourth-order valence-corrected chi connectivity index (χ4v) is 3.65. The fraction of sp³-hybridized carbons (Fsp3) is 0.263. The number of hydrogen-bond donors (Lipinski definition) is 3. The van der Waals surface area contributed by atoms with Gasteiger partial charge in [0.1, 0.15) is 19.3 Å². The summed E-state index contributed by atoms with van der Waals surface area (Å²) >= 11 is 1.50. The van der Waals surface area contributed by atoms with Gasteiger partial charge in [0.2, 0.25) is 11.8 Å². The summed E-state index contributed by atoms with van der Waals surface area (Å²) in [6.07, 6.45) is 0. The van der Waals surface area contributed by atoms with Crippen LogP contribution in [0.25, 0.3) is 0 Å². The van der Waals surface area contributed by atoms with Gasteiger partial charge in [0.05, 0.1) is 11.4 Å². The van der Waals surface area contributed by atoms with Gasteiger partial charge in [-0.05, 0) is 37.3 Å². The summed E-state index contributed by atoms with van der Waals surface area (Å²) in [5.74, 6) is 1.53. The molecule has 2 amide bonds. The molecule has 0 aromatic heterocycles. The molecule has 0 saturated carbocycles. The molecule has 2 heterocycles. The first-order valence-electron chi connectivity index (χ1n) is 8.62.